The number of rotatable bonds is 9. The molecule has 2 aromatic carbocycles. The first-order valence-electron chi connectivity index (χ1n) is 21.8. The van der Waals surface area contributed by atoms with E-state index in [9.17, 15) is 24.3 Å². The second kappa shape index (κ2) is 17.5. The van der Waals surface area contributed by atoms with Crippen LogP contribution < -0.4 is 5.32 Å². The van der Waals surface area contributed by atoms with Crippen molar-refractivity contribution in [3.05, 3.63) is 71.7 Å². The molecule has 4 aromatic rings. The monoisotopic (exact) mass is 846 g/mol. The highest BCUT2D eigenvalue weighted by Gasteiger charge is 2.56. The Kier molecular flexibility index (Phi) is 11.7. The topological polar surface area (TPSA) is 195 Å². The molecular weight excluding hydrogens is 793 g/mol. The number of carbonyl (C=O) groups excluding carboxylic acids is 3. The molecule has 0 spiro atoms. The van der Waals surface area contributed by atoms with E-state index in [1.807, 2.05) is 46.3 Å². The number of piperidine rings is 1. The molecule has 6 heterocycles. The SMILES string of the molecule is COC(=O)N[C@H](C(=O)N1[C@@H]2C[C@H]2C[C@H]1c1nc(C#Cc2ccc3cc(-c4c[nH]c([C@@H]5C[C@H](C)CN5C(=O)[C@H](C5CCOCC5)N(C)C(=O)O)n4)ccc3c2)c[nH]1)C1CCOCC1. The molecule has 0 bridgehead atoms. The number of nitrogens with one attached hydrogen (secondary N) is 3. The number of methoxy groups -OCH3 is 1. The number of fused-ring (bicyclic) bond motifs is 2. The molecule has 5 aliphatic rings. The third-order valence-electron chi connectivity index (χ3n) is 13.6. The Balaban J connectivity index is 0.882. The molecule has 4 N–H and O–H groups in total. The molecule has 1 aliphatic carbocycles. The van der Waals surface area contributed by atoms with Crippen molar-refractivity contribution in [3.63, 3.8) is 0 Å². The fraction of sp³-hybridized carbons (Fsp3) is 0.522. The second-order valence-electron chi connectivity index (χ2n) is 17.6. The van der Waals surface area contributed by atoms with Crippen LogP contribution in [0.3, 0.4) is 0 Å². The van der Waals surface area contributed by atoms with Crippen LogP contribution >= 0.6 is 0 Å². The average molecular weight is 847 g/mol. The first kappa shape index (κ1) is 41.4. The van der Waals surface area contributed by atoms with Crippen LogP contribution in [0.25, 0.3) is 22.0 Å². The van der Waals surface area contributed by atoms with Crippen LogP contribution in [0.15, 0.2) is 48.8 Å². The minimum atomic E-state index is -1.12. The molecule has 326 valence electrons. The van der Waals surface area contributed by atoms with E-state index in [-0.39, 0.29) is 47.7 Å². The van der Waals surface area contributed by atoms with Crippen LogP contribution in [0, 0.1) is 35.5 Å². The first-order valence-corrected chi connectivity index (χ1v) is 21.8. The number of likely N-dealkylation sites (tertiary alicyclic amines) is 2. The summed E-state index contributed by atoms with van der Waals surface area (Å²) in [6, 6.07) is 10.3. The predicted octanol–water partition coefficient (Wildman–Crippen LogP) is 5.48. The normalized spacial score (nSPS) is 24.8. The van der Waals surface area contributed by atoms with E-state index in [1.54, 1.807) is 6.20 Å². The number of hydrogen-bond acceptors (Lipinski definition) is 9. The van der Waals surface area contributed by atoms with Gasteiger partial charge in [0.25, 0.3) is 0 Å². The molecule has 4 amide bonds. The Morgan fingerprint density at radius 3 is 2.31 bits per heavy atom. The summed E-state index contributed by atoms with van der Waals surface area (Å²) in [5.41, 5.74) is 3.09. The van der Waals surface area contributed by atoms with Crippen molar-refractivity contribution in [1.82, 2.24) is 40.0 Å². The van der Waals surface area contributed by atoms with Crippen molar-refractivity contribution in [2.45, 2.75) is 82.1 Å². The number of aromatic amines is 2. The smallest absolute Gasteiger partial charge is 0.407 e. The number of benzene rings is 2. The molecule has 0 unspecified atom stereocenters. The molecule has 16 heteroatoms. The van der Waals surface area contributed by atoms with Gasteiger partial charge in [-0.05, 0) is 104 Å². The molecule has 9 rings (SSSR count). The summed E-state index contributed by atoms with van der Waals surface area (Å²) < 4.78 is 16.0. The quantitative estimate of drug-likeness (QED) is 0.157. The molecule has 2 aromatic heterocycles. The van der Waals surface area contributed by atoms with Gasteiger partial charge in [-0.3, -0.25) is 14.5 Å². The molecule has 16 nitrogen and oxygen atoms in total. The summed E-state index contributed by atoms with van der Waals surface area (Å²) in [6.45, 7) is 4.78. The lowest BCUT2D eigenvalue weighted by molar-refractivity contribution is -0.140. The number of aromatic nitrogens is 4. The van der Waals surface area contributed by atoms with Crippen molar-refractivity contribution in [1.29, 1.82) is 0 Å². The molecule has 62 heavy (non-hydrogen) atoms. The molecule has 5 fully saturated rings. The van der Waals surface area contributed by atoms with Gasteiger partial charge < -0.3 is 44.4 Å². The number of carboxylic acid groups (broad SMARTS) is 1. The van der Waals surface area contributed by atoms with Crippen LogP contribution in [-0.2, 0) is 23.8 Å². The van der Waals surface area contributed by atoms with Gasteiger partial charge in [0.15, 0.2) is 0 Å². The van der Waals surface area contributed by atoms with Crippen LogP contribution in [0.4, 0.5) is 9.59 Å². The van der Waals surface area contributed by atoms with Gasteiger partial charge >= 0.3 is 12.2 Å². The van der Waals surface area contributed by atoms with Crippen LogP contribution in [0.2, 0.25) is 0 Å². The number of alkyl carbamates (subject to hydrolysis) is 1. The second-order valence-corrected chi connectivity index (χ2v) is 17.6. The summed E-state index contributed by atoms with van der Waals surface area (Å²) in [5, 5.41) is 14.8. The van der Waals surface area contributed by atoms with E-state index in [0.717, 1.165) is 46.9 Å². The molecule has 4 saturated heterocycles. The van der Waals surface area contributed by atoms with E-state index < -0.39 is 24.3 Å². The van der Waals surface area contributed by atoms with Crippen molar-refractivity contribution < 1.29 is 38.5 Å². The van der Waals surface area contributed by atoms with E-state index in [4.69, 9.17) is 24.2 Å². The maximum absolute atomic E-state index is 14.2. The van der Waals surface area contributed by atoms with Gasteiger partial charge in [-0.15, -0.1) is 0 Å². The number of likely N-dealkylation sites (N-methyl/N-ethyl adjacent to an activating group) is 1. The third-order valence-corrected chi connectivity index (χ3v) is 13.6. The van der Waals surface area contributed by atoms with E-state index >= 15 is 0 Å². The summed E-state index contributed by atoms with van der Waals surface area (Å²) in [5.74, 6) is 8.06. The Labute approximate surface area is 360 Å². The minimum Gasteiger partial charge on any atom is -0.465 e. The number of imidazole rings is 2. The van der Waals surface area contributed by atoms with Gasteiger partial charge in [0.1, 0.15) is 29.4 Å². The van der Waals surface area contributed by atoms with Gasteiger partial charge in [-0.25, -0.2) is 19.6 Å². The lowest BCUT2D eigenvalue weighted by atomic mass is 9.89. The largest absolute Gasteiger partial charge is 0.465 e. The van der Waals surface area contributed by atoms with E-state index in [1.165, 1.54) is 19.1 Å². The van der Waals surface area contributed by atoms with E-state index in [2.05, 4.69) is 40.1 Å². The number of carbonyl (C=O) groups is 4. The molecule has 7 atom stereocenters. The highest BCUT2D eigenvalue weighted by Crippen LogP contribution is 2.53. The number of nitrogens with zero attached hydrogens (tertiary/aromatic N) is 5. The summed E-state index contributed by atoms with van der Waals surface area (Å²) in [6.07, 6.45) is 7.05. The summed E-state index contributed by atoms with van der Waals surface area (Å²) >= 11 is 0. The molecule has 4 aliphatic heterocycles. The maximum Gasteiger partial charge on any atom is 0.407 e. The fourth-order valence-electron chi connectivity index (χ4n) is 10.2. The van der Waals surface area contributed by atoms with Crippen LogP contribution in [0.1, 0.15) is 86.9 Å². The summed E-state index contributed by atoms with van der Waals surface area (Å²) in [7, 11) is 2.79. The molecule has 1 saturated carbocycles. The third kappa shape index (κ3) is 8.35. The predicted molar refractivity (Wildman–Crippen MR) is 226 cm³/mol. The number of ether oxygens (including phenoxy) is 3. The Hall–Kier alpha value is -5.92. The minimum absolute atomic E-state index is 0.0354. The van der Waals surface area contributed by atoms with E-state index in [0.29, 0.717) is 81.9 Å². The van der Waals surface area contributed by atoms with Gasteiger partial charge in [-0.1, -0.05) is 31.0 Å². The Morgan fingerprint density at radius 1 is 0.871 bits per heavy atom. The lowest BCUT2D eigenvalue weighted by Crippen LogP contribution is -2.54. The lowest BCUT2D eigenvalue weighted by Gasteiger charge is -2.37. The van der Waals surface area contributed by atoms with Crippen LogP contribution in [-0.4, -0.2) is 129 Å². The van der Waals surface area contributed by atoms with Gasteiger partial charge in [0.2, 0.25) is 11.8 Å². The zero-order valence-corrected chi connectivity index (χ0v) is 35.3. The van der Waals surface area contributed by atoms with Gasteiger partial charge in [0.05, 0.1) is 24.9 Å². The Morgan fingerprint density at radius 2 is 1.56 bits per heavy atom. The van der Waals surface area contributed by atoms with Crippen molar-refractivity contribution in [3.8, 4) is 23.1 Å². The van der Waals surface area contributed by atoms with Gasteiger partial charge in [0, 0.05) is 69.6 Å². The van der Waals surface area contributed by atoms with Crippen molar-refractivity contribution >= 4 is 34.8 Å². The zero-order chi connectivity index (χ0) is 43.1. The highest BCUT2D eigenvalue weighted by atomic mass is 16.5. The first-order chi connectivity index (χ1) is 30.1. The highest BCUT2D eigenvalue weighted by molar-refractivity contribution is 5.89. The number of amides is 4. The number of H-pyrrole nitrogens is 2. The maximum atomic E-state index is 14.2. The Bertz CT molecular complexity index is 2390. The van der Waals surface area contributed by atoms with Crippen molar-refractivity contribution in [2.24, 2.45) is 23.7 Å². The molecule has 0 radical (unpaired) electrons. The fourth-order valence-corrected chi connectivity index (χ4v) is 10.2. The standard InChI is InChI=1S/C46H54N8O8/c1-26-18-37(53(25-26)44(56)40(52(2)46(58)59)29-12-16-62-17-13-29)41-48-24-35(50-41)32-8-7-30-19-27(4-6-31(30)20-32)5-9-34-23-47-42(49-34)38-22-33-21-36(33)54(38)43(55)39(51-45(57)60-3)28-10-14-61-15-11-28/h4,6-8,19-20,23-24,26,28-29,33,36-40H,10-18,21-22,25H2,1-3H3,(H,47,49)(H,48,50)(H,51,57)(H,58,59)/t26-,33-,36+,37-,38-,39-,40-/m0/s1. The molecular formula is C46H54N8O8. The average Bonchev–Trinajstić information content (AvgIpc) is 3.76. The van der Waals surface area contributed by atoms with Crippen LogP contribution in [0.5, 0.6) is 0 Å². The summed E-state index contributed by atoms with van der Waals surface area (Å²) in [4.78, 5) is 74.2. The zero-order valence-electron chi connectivity index (χ0n) is 35.3. The van der Waals surface area contributed by atoms with Gasteiger partial charge in [-0.2, -0.15) is 0 Å². The van der Waals surface area contributed by atoms with Crippen molar-refractivity contribution in [2.75, 3.05) is 47.1 Å². The number of hydrogen-bond donors (Lipinski definition) is 4.